The summed E-state index contributed by atoms with van der Waals surface area (Å²) >= 11 is 1.89. The Balaban J connectivity index is 1.77. The summed E-state index contributed by atoms with van der Waals surface area (Å²) in [5, 5.41) is 2.75. The third-order valence-electron chi connectivity index (χ3n) is 4.77. The fourth-order valence-electron chi connectivity index (χ4n) is 3.18. The fraction of sp³-hybridized carbons (Fsp3) is 0.250. The molecule has 28 heavy (non-hydrogen) atoms. The minimum Gasteiger partial charge on any atom is -0.369 e. The number of benzene rings is 2. The second-order valence-corrected chi connectivity index (χ2v) is 7.75. The van der Waals surface area contributed by atoms with Crippen LogP contribution in [-0.4, -0.2) is 35.7 Å². The molecule has 0 spiro atoms. The van der Waals surface area contributed by atoms with E-state index in [-0.39, 0.29) is 17.7 Å². The third-order valence-corrected chi connectivity index (χ3v) is 5.66. The zero-order valence-corrected chi connectivity index (χ0v) is 17.1. The number of nitrogens with one attached hydrogen (secondary N) is 1. The Morgan fingerprint density at radius 1 is 1.07 bits per heavy atom. The Morgan fingerprint density at radius 3 is 2.39 bits per heavy atom. The van der Waals surface area contributed by atoms with Crippen molar-refractivity contribution < 1.29 is 18.8 Å². The molecule has 1 aliphatic rings. The fourth-order valence-corrected chi connectivity index (χ4v) is 3.90. The Labute approximate surface area is 175 Å². The molecule has 1 saturated heterocycles. The number of nitrogens with zero attached hydrogens (tertiary/aromatic N) is 1. The van der Waals surface area contributed by atoms with E-state index < -0.39 is 11.7 Å². The number of nitrogens with two attached hydrogens (primary N) is 1. The van der Waals surface area contributed by atoms with Crippen molar-refractivity contribution in [3.05, 3.63) is 63.0 Å². The third kappa shape index (κ3) is 4.49. The summed E-state index contributed by atoms with van der Waals surface area (Å²) in [6, 6.07) is 10.6. The molecule has 1 heterocycles. The van der Waals surface area contributed by atoms with Crippen LogP contribution < -0.4 is 11.1 Å². The number of carbonyl (C=O) groups excluding carboxylic acids is 3. The van der Waals surface area contributed by atoms with Crippen LogP contribution >= 0.6 is 22.6 Å². The number of hydrogen-bond donors (Lipinski definition) is 2. The number of rotatable bonds is 4. The number of carbonyl (C=O) groups is 3. The predicted octanol–water partition coefficient (Wildman–Crippen LogP) is 3.02. The predicted molar refractivity (Wildman–Crippen MR) is 111 cm³/mol. The van der Waals surface area contributed by atoms with E-state index in [4.69, 9.17) is 5.73 Å². The molecule has 3 amide bonds. The quantitative estimate of drug-likeness (QED) is 0.639. The topological polar surface area (TPSA) is 92.5 Å². The summed E-state index contributed by atoms with van der Waals surface area (Å²) < 4.78 is 13.8. The molecule has 146 valence electrons. The molecule has 1 fully saturated rings. The molecular weight excluding hydrogens is 476 g/mol. The number of anilines is 1. The molecular formula is C20H19FIN3O3. The van der Waals surface area contributed by atoms with E-state index in [1.165, 1.54) is 18.2 Å². The van der Waals surface area contributed by atoms with Gasteiger partial charge in [-0.3, -0.25) is 14.4 Å². The van der Waals surface area contributed by atoms with Gasteiger partial charge in [0.05, 0.1) is 16.8 Å². The summed E-state index contributed by atoms with van der Waals surface area (Å²) in [5.41, 5.74) is 6.42. The summed E-state index contributed by atoms with van der Waals surface area (Å²) in [7, 11) is 0. The molecule has 3 rings (SSSR count). The minimum atomic E-state index is -0.420. The number of halogens is 2. The Kier molecular flexibility index (Phi) is 6.28. The SMILES string of the molecule is NC(=O)C1CCN(C(=O)c2ccccc2NC(=O)c2ccc(F)cc2I)CC1. The summed E-state index contributed by atoms with van der Waals surface area (Å²) in [5.74, 6) is -1.60. The number of para-hydroxylation sites is 1. The number of hydrogen-bond acceptors (Lipinski definition) is 3. The summed E-state index contributed by atoms with van der Waals surface area (Å²) in [6.07, 6.45) is 1.06. The van der Waals surface area contributed by atoms with Crippen molar-refractivity contribution in [2.45, 2.75) is 12.8 Å². The lowest BCUT2D eigenvalue weighted by molar-refractivity contribution is -0.123. The van der Waals surface area contributed by atoms with Gasteiger partial charge in [-0.2, -0.15) is 0 Å². The maximum absolute atomic E-state index is 13.3. The second-order valence-electron chi connectivity index (χ2n) is 6.59. The molecule has 3 N–H and O–H groups in total. The lowest BCUT2D eigenvalue weighted by Gasteiger charge is -2.31. The molecule has 8 heteroatoms. The molecule has 0 aliphatic carbocycles. The molecule has 0 atom stereocenters. The van der Waals surface area contributed by atoms with Crippen LogP contribution in [0.5, 0.6) is 0 Å². The minimum absolute atomic E-state index is 0.209. The average molecular weight is 495 g/mol. The first kappa shape index (κ1) is 20.2. The number of piperidine rings is 1. The highest BCUT2D eigenvalue weighted by atomic mass is 127. The van der Waals surface area contributed by atoms with Crippen LogP contribution in [0.1, 0.15) is 33.6 Å². The van der Waals surface area contributed by atoms with Crippen LogP contribution in [0.2, 0.25) is 0 Å². The molecule has 0 bridgehead atoms. The maximum atomic E-state index is 13.3. The molecule has 2 aromatic carbocycles. The lowest BCUT2D eigenvalue weighted by atomic mass is 9.95. The second kappa shape index (κ2) is 8.68. The van der Waals surface area contributed by atoms with E-state index >= 15 is 0 Å². The van der Waals surface area contributed by atoms with Gasteiger partial charge in [0.1, 0.15) is 5.82 Å². The normalized spacial score (nSPS) is 14.6. The Bertz CT molecular complexity index is 927. The molecule has 1 aliphatic heterocycles. The van der Waals surface area contributed by atoms with Crippen LogP contribution in [-0.2, 0) is 4.79 Å². The first-order valence-electron chi connectivity index (χ1n) is 8.81. The highest BCUT2D eigenvalue weighted by Gasteiger charge is 2.27. The number of amides is 3. The standard InChI is InChI=1S/C20H19FIN3O3/c21-13-5-6-14(16(22)11-13)19(27)24-17-4-2-1-3-15(17)20(28)25-9-7-12(8-10-25)18(23)26/h1-6,11-12H,7-10H2,(H2,23,26)(H,24,27). The van der Waals surface area contributed by atoms with Crippen LogP contribution in [0.4, 0.5) is 10.1 Å². The number of primary amides is 1. The first-order valence-corrected chi connectivity index (χ1v) is 9.88. The van der Waals surface area contributed by atoms with Gasteiger partial charge in [0.2, 0.25) is 5.91 Å². The van der Waals surface area contributed by atoms with Crippen molar-refractivity contribution in [3.63, 3.8) is 0 Å². The van der Waals surface area contributed by atoms with Crippen LogP contribution in [0, 0.1) is 15.3 Å². The van der Waals surface area contributed by atoms with Gasteiger partial charge in [-0.15, -0.1) is 0 Å². The lowest BCUT2D eigenvalue weighted by Crippen LogP contribution is -2.42. The Morgan fingerprint density at radius 2 is 1.75 bits per heavy atom. The highest BCUT2D eigenvalue weighted by Crippen LogP contribution is 2.23. The van der Waals surface area contributed by atoms with Crippen LogP contribution in [0.3, 0.4) is 0 Å². The van der Waals surface area contributed by atoms with Gasteiger partial charge in [0.15, 0.2) is 0 Å². The van der Waals surface area contributed by atoms with Crippen molar-refractivity contribution >= 4 is 46.0 Å². The maximum Gasteiger partial charge on any atom is 0.256 e. The largest absolute Gasteiger partial charge is 0.369 e. The van der Waals surface area contributed by atoms with Crippen molar-refractivity contribution in [2.24, 2.45) is 11.7 Å². The molecule has 0 saturated carbocycles. The highest BCUT2D eigenvalue weighted by molar-refractivity contribution is 14.1. The van der Waals surface area contributed by atoms with Gasteiger partial charge < -0.3 is 16.0 Å². The van der Waals surface area contributed by atoms with Crippen LogP contribution in [0.25, 0.3) is 0 Å². The van der Waals surface area contributed by atoms with Crippen molar-refractivity contribution in [1.29, 1.82) is 0 Å². The van der Waals surface area contributed by atoms with E-state index in [1.54, 1.807) is 29.2 Å². The van der Waals surface area contributed by atoms with Gasteiger partial charge in [0.25, 0.3) is 11.8 Å². The molecule has 0 aromatic heterocycles. The van der Waals surface area contributed by atoms with E-state index in [1.807, 2.05) is 22.6 Å². The molecule has 2 aromatic rings. The van der Waals surface area contributed by atoms with E-state index in [2.05, 4.69) is 5.32 Å². The van der Waals surface area contributed by atoms with E-state index in [9.17, 15) is 18.8 Å². The van der Waals surface area contributed by atoms with Gasteiger partial charge >= 0.3 is 0 Å². The Hall–Kier alpha value is -2.49. The van der Waals surface area contributed by atoms with Crippen LogP contribution in [0.15, 0.2) is 42.5 Å². The first-order chi connectivity index (χ1) is 13.4. The monoisotopic (exact) mass is 495 g/mol. The molecule has 6 nitrogen and oxygen atoms in total. The van der Waals surface area contributed by atoms with Gasteiger partial charge in [-0.25, -0.2) is 4.39 Å². The zero-order valence-electron chi connectivity index (χ0n) is 15.0. The van der Waals surface area contributed by atoms with Crippen molar-refractivity contribution in [1.82, 2.24) is 4.90 Å². The van der Waals surface area contributed by atoms with E-state index in [0.29, 0.717) is 46.3 Å². The van der Waals surface area contributed by atoms with Gasteiger partial charge in [-0.1, -0.05) is 12.1 Å². The van der Waals surface area contributed by atoms with Gasteiger partial charge in [-0.05, 0) is 65.8 Å². The molecule has 0 radical (unpaired) electrons. The zero-order chi connectivity index (χ0) is 20.3. The molecule has 0 unspecified atom stereocenters. The van der Waals surface area contributed by atoms with E-state index in [0.717, 1.165) is 0 Å². The smallest absolute Gasteiger partial charge is 0.256 e. The van der Waals surface area contributed by atoms with Crippen molar-refractivity contribution in [2.75, 3.05) is 18.4 Å². The number of likely N-dealkylation sites (tertiary alicyclic amines) is 1. The van der Waals surface area contributed by atoms with Crippen molar-refractivity contribution in [3.8, 4) is 0 Å². The summed E-state index contributed by atoms with van der Waals surface area (Å²) in [6.45, 7) is 0.870. The summed E-state index contributed by atoms with van der Waals surface area (Å²) in [4.78, 5) is 38.5. The van der Waals surface area contributed by atoms with Gasteiger partial charge in [0, 0.05) is 22.6 Å². The average Bonchev–Trinajstić information content (AvgIpc) is 2.68.